The Morgan fingerprint density at radius 3 is 2.26 bits per heavy atom. The van der Waals surface area contributed by atoms with Gasteiger partial charge in [-0.1, -0.05) is 47.5 Å². The first-order valence-electron chi connectivity index (χ1n) is 13.7. The molecule has 3 saturated carbocycles. The molecule has 3 N–H and O–H groups in total. The third kappa shape index (κ3) is 5.52. The van der Waals surface area contributed by atoms with E-state index >= 15 is 0 Å². The normalized spacial score (nSPS) is 42.4. The van der Waals surface area contributed by atoms with Crippen molar-refractivity contribution in [2.45, 2.75) is 136 Å². The Hall–Kier alpha value is -0.120. The third-order valence-corrected chi connectivity index (χ3v) is 10.7. The Morgan fingerprint density at radius 1 is 1.00 bits per heavy atom. The van der Waals surface area contributed by atoms with Crippen LogP contribution in [0, 0.1) is 40.9 Å². The van der Waals surface area contributed by atoms with E-state index in [2.05, 4.69) is 27.7 Å². The van der Waals surface area contributed by atoms with Crippen LogP contribution in [0.2, 0.25) is 0 Å². The Labute approximate surface area is 192 Å². The van der Waals surface area contributed by atoms with E-state index in [0.29, 0.717) is 17.3 Å². The Kier molecular flexibility index (Phi) is 8.58. The molecule has 3 nitrogen and oxygen atoms in total. The fourth-order valence-corrected chi connectivity index (χ4v) is 8.12. The highest BCUT2D eigenvalue weighted by Gasteiger charge is 2.52. The van der Waals surface area contributed by atoms with Crippen LogP contribution in [0.3, 0.4) is 0 Å². The molecule has 0 spiro atoms. The van der Waals surface area contributed by atoms with Gasteiger partial charge in [0.25, 0.3) is 0 Å². The molecule has 0 aromatic heterocycles. The summed E-state index contributed by atoms with van der Waals surface area (Å²) in [5.41, 5.74) is 0.00782. The maximum Gasteiger partial charge on any atom is 0.0642 e. The highest BCUT2D eigenvalue weighted by Crippen LogP contribution is 2.61. The molecular weight excluding hydrogens is 384 g/mol. The van der Waals surface area contributed by atoms with Crippen molar-refractivity contribution in [1.29, 1.82) is 0 Å². The third-order valence-electron chi connectivity index (χ3n) is 10.7. The molecule has 182 valence electrons. The smallest absolute Gasteiger partial charge is 0.0642 e. The first-order valence-corrected chi connectivity index (χ1v) is 13.7. The van der Waals surface area contributed by atoms with Gasteiger partial charge in [-0.15, -0.1) is 0 Å². The van der Waals surface area contributed by atoms with Crippen molar-refractivity contribution in [3.8, 4) is 0 Å². The van der Waals surface area contributed by atoms with Crippen molar-refractivity contribution in [2.75, 3.05) is 0 Å². The fourth-order valence-electron chi connectivity index (χ4n) is 8.12. The quantitative estimate of drug-likeness (QED) is 0.395. The van der Waals surface area contributed by atoms with Crippen LogP contribution in [0.1, 0.15) is 118 Å². The zero-order valence-electron chi connectivity index (χ0n) is 21.2. The molecule has 0 amide bonds. The van der Waals surface area contributed by atoms with E-state index in [9.17, 15) is 15.3 Å². The minimum atomic E-state index is -0.463. The van der Waals surface area contributed by atoms with Gasteiger partial charge in [0.2, 0.25) is 0 Å². The standard InChI is InChI=1S/C28H52O3/c1-6-28(31,7-2)16-14-19(3)23-12-13-24-22(9-8-15-27(23,24)5)11-10-21-17-25(29)20(4)26(30)18-21/h19-26,29-31H,6-18H2,1-5H3/t19-,20?,21?,22?,23-,24+,25-,26-,27-/m1/s1. The molecule has 3 aliphatic carbocycles. The number of fused-ring (bicyclic) bond motifs is 1. The summed E-state index contributed by atoms with van der Waals surface area (Å²) in [5, 5.41) is 31.4. The number of hydrogen-bond donors (Lipinski definition) is 3. The van der Waals surface area contributed by atoms with Gasteiger partial charge in [0.1, 0.15) is 0 Å². The molecule has 0 aliphatic heterocycles. The van der Waals surface area contributed by atoms with Gasteiger partial charge in [-0.2, -0.15) is 0 Å². The van der Waals surface area contributed by atoms with Crippen LogP contribution in [0.4, 0.5) is 0 Å². The van der Waals surface area contributed by atoms with Gasteiger partial charge in [-0.25, -0.2) is 0 Å². The van der Waals surface area contributed by atoms with E-state index in [4.69, 9.17) is 0 Å². The summed E-state index contributed by atoms with van der Waals surface area (Å²) in [6.07, 6.45) is 14.3. The second-order valence-corrected chi connectivity index (χ2v) is 12.3. The lowest BCUT2D eigenvalue weighted by molar-refractivity contribution is -0.0416. The van der Waals surface area contributed by atoms with Gasteiger partial charge in [0, 0.05) is 5.92 Å². The van der Waals surface area contributed by atoms with E-state index in [1.807, 2.05) is 6.92 Å². The highest BCUT2D eigenvalue weighted by atomic mass is 16.3. The topological polar surface area (TPSA) is 60.7 Å². The van der Waals surface area contributed by atoms with Crippen LogP contribution in [0.25, 0.3) is 0 Å². The molecule has 7 atom stereocenters. The zero-order valence-corrected chi connectivity index (χ0v) is 21.2. The van der Waals surface area contributed by atoms with Crippen LogP contribution in [0.5, 0.6) is 0 Å². The average Bonchev–Trinajstić information content (AvgIpc) is 3.11. The van der Waals surface area contributed by atoms with Gasteiger partial charge >= 0.3 is 0 Å². The monoisotopic (exact) mass is 436 g/mol. The van der Waals surface area contributed by atoms with Gasteiger partial charge < -0.3 is 15.3 Å². The molecule has 3 heteroatoms. The lowest BCUT2D eigenvalue weighted by Crippen LogP contribution is -2.40. The van der Waals surface area contributed by atoms with Crippen LogP contribution in [-0.4, -0.2) is 33.1 Å². The minimum absolute atomic E-state index is 0.0318. The second kappa shape index (κ2) is 10.4. The van der Waals surface area contributed by atoms with E-state index in [0.717, 1.165) is 56.3 Å². The minimum Gasteiger partial charge on any atom is -0.393 e. The SMILES string of the molecule is CCC(O)(CC)CC[C@@H](C)[C@H]1CC[C@H]2C(CCC3C[C@@H](O)C(C)[C@H](O)C3)CCC[C@]12C. The molecule has 3 fully saturated rings. The van der Waals surface area contributed by atoms with E-state index in [-0.39, 0.29) is 18.1 Å². The van der Waals surface area contributed by atoms with Gasteiger partial charge in [-0.3, -0.25) is 0 Å². The summed E-state index contributed by atoms with van der Waals surface area (Å²) in [6.45, 7) is 11.3. The van der Waals surface area contributed by atoms with Crippen molar-refractivity contribution in [2.24, 2.45) is 40.9 Å². The van der Waals surface area contributed by atoms with Crippen LogP contribution in [0.15, 0.2) is 0 Å². The molecular formula is C28H52O3. The van der Waals surface area contributed by atoms with Crippen LogP contribution < -0.4 is 0 Å². The highest BCUT2D eigenvalue weighted by molar-refractivity contribution is 5.02. The maximum absolute atomic E-state index is 10.8. The molecule has 0 aromatic carbocycles. The second-order valence-electron chi connectivity index (χ2n) is 12.3. The largest absolute Gasteiger partial charge is 0.393 e. The molecule has 0 saturated heterocycles. The van der Waals surface area contributed by atoms with E-state index < -0.39 is 5.60 Å². The van der Waals surface area contributed by atoms with E-state index in [1.54, 1.807) is 0 Å². The Morgan fingerprint density at radius 2 is 1.65 bits per heavy atom. The molecule has 3 aliphatic rings. The summed E-state index contributed by atoms with van der Waals surface area (Å²) in [6, 6.07) is 0. The van der Waals surface area contributed by atoms with Crippen molar-refractivity contribution in [3.63, 3.8) is 0 Å². The number of aliphatic hydroxyl groups excluding tert-OH is 2. The molecule has 3 rings (SSSR count). The summed E-state index contributed by atoms with van der Waals surface area (Å²) >= 11 is 0. The number of aliphatic hydroxyl groups is 3. The molecule has 1 unspecified atom stereocenters. The molecule has 0 aromatic rings. The number of hydrogen-bond acceptors (Lipinski definition) is 3. The maximum atomic E-state index is 10.8. The lowest BCUT2D eigenvalue weighted by Gasteiger charge is -2.47. The van der Waals surface area contributed by atoms with Crippen molar-refractivity contribution < 1.29 is 15.3 Å². The average molecular weight is 437 g/mol. The predicted molar refractivity (Wildman–Crippen MR) is 129 cm³/mol. The molecule has 0 radical (unpaired) electrons. The van der Waals surface area contributed by atoms with Crippen LogP contribution >= 0.6 is 0 Å². The lowest BCUT2D eigenvalue weighted by atomic mass is 9.58. The first-order chi connectivity index (χ1) is 14.6. The van der Waals surface area contributed by atoms with Crippen molar-refractivity contribution in [3.05, 3.63) is 0 Å². The molecule has 0 heterocycles. The van der Waals surface area contributed by atoms with Crippen molar-refractivity contribution >= 4 is 0 Å². The summed E-state index contributed by atoms with van der Waals surface area (Å²) in [5.74, 6) is 3.70. The van der Waals surface area contributed by atoms with Gasteiger partial charge in [0.15, 0.2) is 0 Å². The number of rotatable bonds is 9. The van der Waals surface area contributed by atoms with Crippen molar-refractivity contribution in [1.82, 2.24) is 0 Å². The van der Waals surface area contributed by atoms with Gasteiger partial charge in [-0.05, 0) is 106 Å². The molecule has 31 heavy (non-hydrogen) atoms. The Balaban J connectivity index is 1.56. The Bertz CT molecular complexity index is 546. The summed E-state index contributed by atoms with van der Waals surface area (Å²) in [7, 11) is 0. The fraction of sp³-hybridized carbons (Fsp3) is 1.00. The predicted octanol–water partition coefficient (Wildman–Crippen LogP) is 6.33. The molecule has 0 bridgehead atoms. The van der Waals surface area contributed by atoms with E-state index in [1.165, 1.54) is 44.9 Å². The zero-order chi connectivity index (χ0) is 22.8. The first kappa shape index (κ1) is 25.5. The summed E-state index contributed by atoms with van der Waals surface area (Å²) < 4.78 is 0. The van der Waals surface area contributed by atoms with Crippen LogP contribution in [-0.2, 0) is 0 Å². The summed E-state index contributed by atoms with van der Waals surface area (Å²) in [4.78, 5) is 0. The van der Waals surface area contributed by atoms with Gasteiger partial charge in [0.05, 0.1) is 17.8 Å².